The largest absolute Gasteiger partial charge is 0.504 e. The number of methoxy groups -OCH3 is 1. The zero-order valence-corrected chi connectivity index (χ0v) is 8.24. The Morgan fingerprint density at radius 2 is 2.08 bits per heavy atom. The van der Waals surface area contributed by atoms with E-state index in [1.54, 1.807) is 13.2 Å². The molecule has 0 heterocycles. The van der Waals surface area contributed by atoms with E-state index in [4.69, 9.17) is 4.74 Å². The second-order valence-electron chi connectivity index (χ2n) is 3.21. The van der Waals surface area contributed by atoms with E-state index in [0.717, 1.165) is 5.56 Å². The van der Waals surface area contributed by atoms with E-state index in [0.29, 0.717) is 12.3 Å². The summed E-state index contributed by atoms with van der Waals surface area (Å²) in [4.78, 5) is 1.99. The fraction of sp³-hybridized carbons (Fsp3) is 0.400. The van der Waals surface area contributed by atoms with Crippen LogP contribution in [0.5, 0.6) is 11.5 Å². The van der Waals surface area contributed by atoms with Crippen molar-refractivity contribution in [3.8, 4) is 11.5 Å². The highest BCUT2D eigenvalue weighted by Crippen LogP contribution is 2.29. The number of hydrogen-bond acceptors (Lipinski definition) is 3. The number of ether oxygens (including phenoxy) is 1. The summed E-state index contributed by atoms with van der Waals surface area (Å²) in [7, 11) is 5.46. The monoisotopic (exact) mass is 181 g/mol. The topological polar surface area (TPSA) is 32.7 Å². The highest BCUT2D eigenvalue weighted by Gasteiger charge is 2.06. The molecule has 0 aliphatic carbocycles. The summed E-state index contributed by atoms with van der Waals surface area (Å²) in [5.74, 6) is 0.762. The van der Waals surface area contributed by atoms with Crippen LogP contribution >= 0.6 is 0 Å². The van der Waals surface area contributed by atoms with E-state index in [1.165, 1.54) is 0 Å². The van der Waals surface area contributed by atoms with Gasteiger partial charge in [-0.25, -0.2) is 0 Å². The van der Waals surface area contributed by atoms with Crippen LogP contribution in [0.15, 0.2) is 18.2 Å². The van der Waals surface area contributed by atoms with Crippen LogP contribution in [-0.2, 0) is 6.54 Å². The maximum absolute atomic E-state index is 9.69. The molecule has 0 saturated carbocycles. The van der Waals surface area contributed by atoms with Gasteiger partial charge in [-0.15, -0.1) is 0 Å². The molecule has 0 unspecified atom stereocenters. The Hall–Kier alpha value is -1.22. The number of phenols is 1. The van der Waals surface area contributed by atoms with Crippen molar-refractivity contribution in [2.24, 2.45) is 0 Å². The molecular formula is C10H15NO2. The predicted molar refractivity (Wildman–Crippen MR) is 52.0 cm³/mol. The van der Waals surface area contributed by atoms with Gasteiger partial charge < -0.3 is 14.7 Å². The highest BCUT2D eigenvalue weighted by molar-refractivity contribution is 5.45. The van der Waals surface area contributed by atoms with Crippen molar-refractivity contribution in [3.05, 3.63) is 23.8 Å². The summed E-state index contributed by atoms with van der Waals surface area (Å²) in [6.45, 7) is 0.711. The van der Waals surface area contributed by atoms with Crippen molar-refractivity contribution in [3.63, 3.8) is 0 Å². The molecule has 0 spiro atoms. The number of nitrogens with zero attached hydrogens (tertiary/aromatic N) is 1. The van der Waals surface area contributed by atoms with Gasteiger partial charge in [-0.05, 0) is 20.2 Å². The summed E-state index contributed by atoms with van der Waals surface area (Å²) in [6.07, 6.45) is 0. The average Bonchev–Trinajstić information content (AvgIpc) is 2.08. The zero-order valence-electron chi connectivity index (χ0n) is 8.24. The number of para-hydroxylation sites is 1. The highest BCUT2D eigenvalue weighted by atomic mass is 16.5. The maximum atomic E-state index is 9.69. The first-order chi connectivity index (χ1) is 6.15. The molecule has 13 heavy (non-hydrogen) atoms. The summed E-state index contributed by atoms with van der Waals surface area (Å²) >= 11 is 0. The van der Waals surface area contributed by atoms with E-state index < -0.39 is 0 Å². The Kier molecular flexibility index (Phi) is 3.14. The molecule has 72 valence electrons. The molecule has 0 aromatic heterocycles. The van der Waals surface area contributed by atoms with Crippen LogP contribution in [0.3, 0.4) is 0 Å². The molecule has 0 saturated heterocycles. The SMILES string of the molecule is COc1cccc(CN(C)C)c1O. The van der Waals surface area contributed by atoms with Crippen molar-refractivity contribution in [1.29, 1.82) is 0 Å². The number of aromatic hydroxyl groups is 1. The van der Waals surface area contributed by atoms with Gasteiger partial charge in [0.15, 0.2) is 11.5 Å². The van der Waals surface area contributed by atoms with Gasteiger partial charge in [-0.2, -0.15) is 0 Å². The average molecular weight is 181 g/mol. The second kappa shape index (κ2) is 4.14. The van der Waals surface area contributed by atoms with E-state index in [9.17, 15) is 5.11 Å². The van der Waals surface area contributed by atoms with Crippen LogP contribution in [0, 0.1) is 0 Å². The molecule has 0 fully saturated rings. The molecule has 1 aromatic carbocycles. The van der Waals surface area contributed by atoms with Gasteiger partial charge in [0.1, 0.15) is 0 Å². The van der Waals surface area contributed by atoms with Gasteiger partial charge in [0.05, 0.1) is 7.11 Å². The Morgan fingerprint density at radius 3 is 2.62 bits per heavy atom. The van der Waals surface area contributed by atoms with Crippen molar-refractivity contribution >= 4 is 0 Å². The first-order valence-corrected chi connectivity index (χ1v) is 4.14. The minimum atomic E-state index is 0.235. The molecule has 0 radical (unpaired) electrons. The van der Waals surface area contributed by atoms with Crippen LogP contribution in [0.1, 0.15) is 5.56 Å². The van der Waals surface area contributed by atoms with Crippen molar-refractivity contribution in [2.45, 2.75) is 6.54 Å². The summed E-state index contributed by atoms with van der Waals surface area (Å²) in [5, 5.41) is 9.69. The summed E-state index contributed by atoms with van der Waals surface area (Å²) in [5.41, 5.74) is 0.879. The fourth-order valence-electron chi connectivity index (χ4n) is 1.20. The van der Waals surface area contributed by atoms with Gasteiger partial charge in [0.2, 0.25) is 0 Å². The number of phenolic OH excluding ortho intramolecular Hbond substituents is 1. The lowest BCUT2D eigenvalue weighted by Gasteiger charge is -2.12. The molecule has 0 aliphatic rings. The normalized spacial score (nSPS) is 10.5. The van der Waals surface area contributed by atoms with Crippen LogP contribution < -0.4 is 4.74 Å². The third-order valence-corrected chi connectivity index (χ3v) is 1.79. The molecule has 3 nitrogen and oxygen atoms in total. The first-order valence-electron chi connectivity index (χ1n) is 4.14. The Balaban J connectivity index is 2.94. The van der Waals surface area contributed by atoms with E-state index in [2.05, 4.69) is 0 Å². The molecule has 0 bridgehead atoms. The summed E-state index contributed by atoms with van der Waals surface area (Å²) < 4.78 is 5.00. The molecule has 0 atom stereocenters. The van der Waals surface area contributed by atoms with Gasteiger partial charge in [-0.3, -0.25) is 0 Å². The first kappa shape index (κ1) is 9.86. The Morgan fingerprint density at radius 1 is 1.38 bits per heavy atom. The molecule has 1 N–H and O–H groups in total. The third kappa shape index (κ3) is 2.36. The van der Waals surface area contributed by atoms with Crippen molar-refractivity contribution < 1.29 is 9.84 Å². The number of hydrogen-bond donors (Lipinski definition) is 1. The van der Waals surface area contributed by atoms with Gasteiger partial charge in [0, 0.05) is 12.1 Å². The third-order valence-electron chi connectivity index (χ3n) is 1.79. The Labute approximate surface area is 78.6 Å². The lowest BCUT2D eigenvalue weighted by molar-refractivity contribution is 0.354. The van der Waals surface area contributed by atoms with Crippen molar-refractivity contribution in [1.82, 2.24) is 4.90 Å². The van der Waals surface area contributed by atoms with Gasteiger partial charge in [0.25, 0.3) is 0 Å². The minimum Gasteiger partial charge on any atom is -0.504 e. The minimum absolute atomic E-state index is 0.235. The van der Waals surface area contributed by atoms with Gasteiger partial charge >= 0.3 is 0 Å². The zero-order chi connectivity index (χ0) is 9.84. The smallest absolute Gasteiger partial charge is 0.162 e. The lowest BCUT2D eigenvalue weighted by Crippen LogP contribution is -2.10. The van der Waals surface area contributed by atoms with Crippen LogP contribution in [-0.4, -0.2) is 31.2 Å². The predicted octanol–water partition coefficient (Wildman–Crippen LogP) is 1.46. The molecular weight excluding hydrogens is 166 g/mol. The molecule has 1 aromatic rings. The fourth-order valence-corrected chi connectivity index (χ4v) is 1.20. The molecule has 0 amide bonds. The van der Waals surface area contributed by atoms with Crippen LogP contribution in [0.2, 0.25) is 0 Å². The van der Waals surface area contributed by atoms with E-state index in [1.807, 2.05) is 31.1 Å². The molecule has 0 aliphatic heterocycles. The lowest BCUT2D eigenvalue weighted by atomic mass is 10.2. The van der Waals surface area contributed by atoms with E-state index in [-0.39, 0.29) is 5.75 Å². The quantitative estimate of drug-likeness (QED) is 0.766. The van der Waals surface area contributed by atoms with Gasteiger partial charge in [-0.1, -0.05) is 12.1 Å². The summed E-state index contributed by atoms with van der Waals surface area (Å²) in [6, 6.07) is 5.50. The maximum Gasteiger partial charge on any atom is 0.162 e. The molecule has 3 heteroatoms. The number of rotatable bonds is 3. The van der Waals surface area contributed by atoms with E-state index >= 15 is 0 Å². The standard InChI is InChI=1S/C10H15NO2/c1-11(2)7-8-5-4-6-9(13-3)10(8)12/h4-6,12H,7H2,1-3H3. The Bertz CT molecular complexity index is 284. The van der Waals surface area contributed by atoms with Crippen LogP contribution in [0.25, 0.3) is 0 Å². The van der Waals surface area contributed by atoms with Crippen molar-refractivity contribution in [2.75, 3.05) is 21.2 Å². The second-order valence-corrected chi connectivity index (χ2v) is 3.21. The molecule has 1 rings (SSSR count). The van der Waals surface area contributed by atoms with Crippen LogP contribution in [0.4, 0.5) is 0 Å². The number of benzene rings is 1.